The molecule has 2 nitrogen and oxygen atoms in total. The Balaban J connectivity index is 2.10. The third-order valence-electron chi connectivity index (χ3n) is 2.06. The van der Waals surface area contributed by atoms with Gasteiger partial charge in [0.15, 0.2) is 0 Å². The molecule has 0 spiro atoms. The predicted molar refractivity (Wildman–Crippen MR) is 56.2 cm³/mol. The Morgan fingerprint density at radius 1 is 1.38 bits per heavy atom. The van der Waals surface area contributed by atoms with Gasteiger partial charge >= 0.3 is 0 Å². The highest BCUT2D eigenvalue weighted by molar-refractivity contribution is 9.10. The largest absolute Gasteiger partial charge is 0.488 e. The van der Waals surface area contributed by atoms with Crippen molar-refractivity contribution in [1.82, 2.24) is 5.32 Å². The number of ether oxygens (including phenoxy) is 1. The minimum absolute atomic E-state index is 0.355. The zero-order valence-electron chi connectivity index (χ0n) is 7.51. The second-order valence-corrected chi connectivity index (χ2v) is 4.28. The summed E-state index contributed by atoms with van der Waals surface area (Å²) in [5.74, 6) is 0.957. The van der Waals surface area contributed by atoms with Crippen LogP contribution in [-0.2, 0) is 0 Å². The van der Waals surface area contributed by atoms with Crippen LogP contribution in [0.1, 0.15) is 5.56 Å². The maximum absolute atomic E-state index is 5.72. The quantitative estimate of drug-likeness (QED) is 0.857. The Hall–Kier alpha value is -0.540. The van der Waals surface area contributed by atoms with E-state index in [-0.39, 0.29) is 0 Å². The number of aryl methyl sites for hydroxylation is 1. The minimum Gasteiger partial charge on any atom is -0.488 e. The maximum atomic E-state index is 5.72. The van der Waals surface area contributed by atoms with E-state index in [2.05, 4.69) is 40.3 Å². The molecule has 0 aliphatic carbocycles. The first-order valence-corrected chi connectivity index (χ1v) is 5.18. The Morgan fingerprint density at radius 3 is 2.69 bits per heavy atom. The molecule has 1 aliphatic heterocycles. The summed E-state index contributed by atoms with van der Waals surface area (Å²) in [4.78, 5) is 0. The van der Waals surface area contributed by atoms with E-state index in [0.29, 0.717) is 6.10 Å². The number of hydrogen-bond donors (Lipinski definition) is 1. The van der Waals surface area contributed by atoms with Gasteiger partial charge in [-0.15, -0.1) is 0 Å². The molecular weight excluding hydrogens is 230 g/mol. The molecule has 3 heteroatoms. The molecule has 1 aromatic carbocycles. The van der Waals surface area contributed by atoms with E-state index in [1.165, 1.54) is 5.56 Å². The summed E-state index contributed by atoms with van der Waals surface area (Å²) in [6, 6.07) is 6.14. The van der Waals surface area contributed by atoms with Crippen LogP contribution in [0.3, 0.4) is 0 Å². The van der Waals surface area contributed by atoms with E-state index in [0.717, 1.165) is 23.3 Å². The van der Waals surface area contributed by atoms with Crippen LogP contribution in [0, 0.1) is 6.92 Å². The van der Waals surface area contributed by atoms with Crippen molar-refractivity contribution < 1.29 is 4.74 Å². The molecule has 13 heavy (non-hydrogen) atoms. The van der Waals surface area contributed by atoms with Crippen LogP contribution < -0.4 is 10.1 Å². The molecular formula is C10H12BrNO. The monoisotopic (exact) mass is 241 g/mol. The summed E-state index contributed by atoms with van der Waals surface area (Å²) in [5.41, 5.74) is 1.22. The van der Waals surface area contributed by atoms with Crippen LogP contribution in [-0.4, -0.2) is 19.2 Å². The van der Waals surface area contributed by atoms with Gasteiger partial charge in [-0.1, -0.05) is 15.9 Å². The molecule has 1 heterocycles. The van der Waals surface area contributed by atoms with E-state index >= 15 is 0 Å². The van der Waals surface area contributed by atoms with E-state index in [1.54, 1.807) is 0 Å². The topological polar surface area (TPSA) is 21.3 Å². The van der Waals surface area contributed by atoms with Crippen LogP contribution in [0.5, 0.6) is 5.75 Å². The zero-order valence-corrected chi connectivity index (χ0v) is 9.10. The van der Waals surface area contributed by atoms with Crippen LogP contribution in [0.4, 0.5) is 0 Å². The van der Waals surface area contributed by atoms with Crippen molar-refractivity contribution in [3.05, 3.63) is 28.2 Å². The van der Waals surface area contributed by atoms with Crippen molar-refractivity contribution in [2.24, 2.45) is 0 Å². The number of rotatable bonds is 2. The van der Waals surface area contributed by atoms with Crippen molar-refractivity contribution in [2.45, 2.75) is 13.0 Å². The van der Waals surface area contributed by atoms with Gasteiger partial charge in [0.25, 0.3) is 0 Å². The van der Waals surface area contributed by atoms with Gasteiger partial charge in [0, 0.05) is 17.6 Å². The molecule has 0 atom stereocenters. The Bertz CT molecular complexity index is 290. The molecule has 1 fully saturated rings. The lowest BCUT2D eigenvalue weighted by molar-refractivity contribution is 0.142. The lowest BCUT2D eigenvalue weighted by Gasteiger charge is -2.28. The van der Waals surface area contributed by atoms with Crippen LogP contribution >= 0.6 is 15.9 Å². The average Bonchev–Trinajstić information content (AvgIpc) is 1.95. The third kappa shape index (κ3) is 2.23. The van der Waals surface area contributed by atoms with Gasteiger partial charge in [0.05, 0.1) is 0 Å². The molecule has 0 amide bonds. The second-order valence-electron chi connectivity index (χ2n) is 3.36. The van der Waals surface area contributed by atoms with Crippen molar-refractivity contribution in [1.29, 1.82) is 0 Å². The molecule has 1 aliphatic rings. The number of hydrogen-bond acceptors (Lipinski definition) is 2. The number of halogens is 1. The average molecular weight is 242 g/mol. The van der Waals surface area contributed by atoms with E-state index < -0.39 is 0 Å². The number of nitrogens with one attached hydrogen (secondary N) is 1. The zero-order chi connectivity index (χ0) is 9.26. The van der Waals surface area contributed by atoms with Crippen molar-refractivity contribution >= 4 is 15.9 Å². The number of benzene rings is 1. The first kappa shape index (κ1) is 9.03. The summed E-state index contributed by atoms with van der Waals surface area (Å²) < 4.78 is 6.80. The van der Waals surface area contributed by atoms with Gasteiger partial charge in [-0.05, 0) is 30.7 Å². The maximum Gasteiger partial charge on any atom is 0.123 e. The second kappa shape index (κ2) is 3.68. The standard InChI is InChI=1S/C10H12BrNO/c1-7-2-8(11)4-9(3-7)13-10-5-12-6-10/h2-4,10,12H,5-6H2,1H3. The molecule has 0 bridgehead atoms. The van der Waals surface area contributed by atoms with Crippen molar-refractivity contribution in [3.63, 3.8) is 0 Å². The van der Waals surface area contributed by atoms with Crippen LogP contribution in [0.25, 0.3) is 0 Å². The molecule has 1 N–H and O–H groups in total. The summed E-state index contributed by atoms with van der Waals surface area (Å²) in [5, 5.41) is 3.17. The fourth-order valence-corrected chi connectivity index (χ4v) is 1.90. The van der Waals surface area contributed by atoms with Gasteiger partial charge in [0.2, 0.25) is 0 Å². The molecule has 70 valence electrons. The molecule has 1 saturated heterocycles. The third-order valence-corrected chi connectivity index (χ3v) is 2.52. The summed E-state index contributed by atoms with van der Waals surface area (Å²) in [7, 11) is 0. The van der Waals surface area contributed by atoms with E-state index in [1.807, 2.05) is 6.07 Å². The van der Waals surface area contributed by atoms with Crippen LogP contribution in [0.15, 0.2) is 22.7 Å². The minimum atomic E-state index is 0.355. The molecule has 2 rings (SSSR count). The highest BCUT2D eigenvalue weighted by Gasteiger charge is 2.18. The highest BCUT2D eigenvalue weighted by atomic mass is 79.9. The van der Waals surface area contributed by atoms with Gasteiger partial charge < -0.3 is 10.1 Å². The SMILES string of the molecule is Cc1cc(Br)cc(OC2CNC2)c1. The lowest BCUT2D eigenvalue weighted by atomic mass is 10.2. The van der Waals surface area contributed by atoms with Gasteiger partial charge in [-0.25, -0.2) is 0 Å². The van der Waals surface area contributed by atoms with Gasteiger partial charge in [0.1, 0.15) is 11.9 Å². The summed E-state index contributed by atoms with van der Waals surface area (Å²) in [6.07, 6.45) is 0.355. The summed E-state index contributed by atoms with van der Waals surface area (Å²) in [6.45, 7) is 3.99. The molecule has 0 unspecified atom stereocenters. The molecule has 0 radical (unpaired) electrons. The highest BCUT2D eigenvalue weighted by Crippen LogP contribution is 2.22. The molecule has 1 aromatic rings. The fraction of sp³-hybridized carbons (Fsp3) is 0.400. The Kier molecular flexibility index (Phi) is 2.56. The van der Waals surface area contributed by atoms with E-state index in [4.69, 9.17) is 4.74 Å². The molecule has 0 saturated carbocycles. The van der Waals surface area contributed by atoms with Crippen molar-refractivity contribution in [2.75, 3.05) is 13.1 Å². The Morgan fingerprint density at radius 2 is 2.15 bits per heavy atom. The van der Waals surface area contributed by atoms with Gasteiger partial charge in [-0.2, -0.15) is 0 Å². The predicted octanol–water partition coefficient (Wildman–Crippen LogP) is 2.11. The van der Waals surface area contributed by atoms with Gasteiger partial charge in [-0.3, -0.25) is 0 Å². The molecule has 0 aromatic heterocycles. The normalized spacial score (nSPS) is 16.8. The fourth-order valence-electron chi connectivity index (χ4n) is 1.31. The summed E-state index contributed by atoms with van der Waals surface area (Å²) >= 11 is 3.45. The first-order chi connectivity index (χ1) is 6.24. The smallest absolute Gasteiger partial charge is 0.123 e. The lowest BCUT2D eigenvalue weighted by Crippen LogP contribution is -2.50. The van der Waals surface area contributed by atoms with E-state index in [9.17, 15) is 0 Å². The van der Waals surface area contributed by atoms with Crippen LogP contribution in [0.2, 0.25) is 0 Å². The first-order valence-electron chi connectivity index (χ1n) is 4.38. The Labute approximate surface area is 86.4 Å². The van der Waals surface area contributed by atoms with Crippen molar-refractivity contribution in [3.8, 4) is 5.75 Å².